The normalized spacial score (nSPS) is 25.1. The summed E-state index contributed by atoms with van der Waals surface area (Å²) in [5, 5.41) is 11.3. The van der Waals surface area contributed by atoms with Crippen molar-refractivity contribution >= 4 is 5.97 Å². The Hall–Kier alpha value is -0.833. The second-order valence-corrected chi connectivity index (χ2v) is 3.38. The summed E-state index contributed by atoms with van der Waals surface area (Å²) in [7, 11) is 2.39. The minimum atomic E-state index is -1.16. The predicted molar refractivity (Wildman–Crippen MR) is 46.1 cm³/mol. The number of ether oxygens (including phenoxy) is 4. The second kappa shape index (κ2) is 5.48. The molecule has 86 valence electrons. The van der Waals surface area contributed by atoms with E-state index in [2.05, 4.69) is 9.47 Å². The van der Waals surface area contributed by atoms with Crippen LogP contribution in [0.2, 0.25) is 0 Å². The topological polar surface area (TPSA) is 77.1 Å². The first-order valence-electron chi connectivity index (χ1n) is 4.31. The molecule has 1 fully saturated rings. The van der Waals surface area contributed by atoms with E-state index in [1.54, 1.807) is 13.8 Å². The Morgan fingerprint density at radius 2 is 1.94 bits per heavy atom. The maximum atomic E-state index is 11.3. The van der Waals surface area contributed by atoms with Gasteiger partial charge in [0.15, 0.2) is 5.76 Å². The predicted octanol–water partition coefficient (Wildman–Crippen LogP) is -3.51. The Balaban J connectivity index is 0.00000225. The molecule has 0 amide bonds. The third kappa shape index (κ3) is 3.08. The number of hydrogen-bond acceptors (Lipinski definition) is 6. The number of rotatable bonds is 2. The zero-order chi connectivity index (χ0) is 11.6. The van der Waals surface area contributed by atoms with Gasteiger partial charge in [0.05, 0.1) is 13.1 Å². The van der Waals surface area contributed by atoms with Gasteiger partial charge >= 0.3 is 24.8 Å². The third-order valence-electron chi connectivity index (χ3n) is 1.80. The first-order chi connectivity index (χ1) is 6.91. The van der Waals surface area contributed by atoms with Crippen LogP contribution in [0.15, 0.2) is 11.7 Å². The van der Waals surface area contributed by atoms with Crippen LogP contribution < -0.4 is 24.0 Å². The maximum absolute atomic E-state index is 11.3. The minimum Gasteiger partial charge on any atom is -0.614 e. The summed E-state index contributed by atoms with van der Waals surface area (Å²) in [5.74, 6) is -2.66. The van der Waals surface area contributed by atoms with E-state index in [1.807, 2.05) is 0 Å². The molecule has 0 bridgehead atoms. The second-order valence-electron chi connectivity index (χ2n) is 3.38. The SMILES string of the molecule is COC(=O)[C@@H]1OC(C)(C)O/C1=C(\[O-])OC.[Li+]. The van der Waals surface area contributed by atoms with E-state index in [-0.39, 0.29) is 24.6 Å². The van der Waals surface area contributed by atoms with Crippen LogP contribution in [0.4, 0.5) is 0 Å². The summed E-state index contributed by atoms with van der Waals surface area (Å²) in [6.07, 6.45) is -1.16. The van der Waals surface area contributed by atoms with Crippen molar-refractivity contribution in [3.63, 3.8) is 0 Å². The third-order valence-corrected chi connectivity index (χ3v) is 1.80. The first-order valence-corrected chi connectivity index (χ1v) is 4.31. The molecule has 0 spiro atoms. The van der Waals surface area contributed by atoms with Crippen LogP contribution in [0.3, 0.4) is 0 Å². The Kier molecular flexibility index (Phi) is 5.20. The van der Waals surface area contributed by atoms with Gasteiger partial charge in [-0.15, -0.1) is 0 Å². The molecule has 0 aromatic rings. The summed E-state index contributed by atoms with van der Waals surface area (Å²) >= 11 is 0. The molecule has 1 atom stereocenters. The van der Waals surface area contributed by atoms with Crippen LogP contribution in [-0.4, -0.2) is 32.1 Å². The molecule has 7 heteroatoms. The summed E-state index contributed by atoms with van der Waals surface area (Å²) in [4.78, 5) is 11.3. The summed E-state index contributed by atoms with van der Waals surface area (Å²) in [6.45, 7) is 3.16. The molecule has 1 aliphatic heterocycles. The zero-order valence-corrected chi connectivity index (χ0v) is 10.0. The van der Waals surface area contributed by atoms with Crippen LogP contribution >= 0.6 is 0 Å². The molecule has 0 aromatic carbocycles. The van der Waals surface area contributed by atoms with Gasteiger partial charge in [0, 0.05) is 13.8 Å². The molecule has 16 heavy (non-hydrogen) atoms. The molecular formula is C9H13LiO6. The monoisotopic (exact) mass is 224 g/mol. The average molecular weight is 224 g/mol. The smallest absolute Gasteiger partial charge is 0.614 e. The van der Waals surface area contributed by atoms with Crippen LogP contribution in [0, 0.1) is 0 Å². The molecule has 0 aliphatic carbocycles. The number of esters is 1. The van der Waals surface area contributed by atoms with E-state index in [4.69, 9.17) is 9.47 Å². The minimum absolute atomic E-state index is 0. The molecule has 0 saturated carbocycles. The summed E-state index contributed by atoms with van der Waals surface area (Å²) < 4.78 is 19.3. The number of carbonyl (C=O) groups is 1. The Bertz CT molecular complexity index is 298. The van der Waals surface area contributed by atoms with E-state index in [0.29, 0.717) is 0 Å². The van der Waals surface area contributed by atoms with Crippen LogP contribution in [-0.2, 0) is 23.7 Å². The van der Waals surface area contributed by atoms with Crippen molar-refractivity contribution in [2.24, 2.45) is 0 Å². The van der Waals surface area contributed by atoms with Crippen molar-refractivity contribution in [1.82, 2.24) is 0 Å². The molecule has 0 N–H and O–H groups in total. The Labute approximate surface area is 106 Å². The molecule has 1 saturated heterocycles. The van der Waals surface area contributed by atoms with Crippen LogP contribution in [0.5, 0.6) is 0 Å². The molecule has 6 nitrogen and oxygen atoms in total. The van der Waals surface area contributed by atoms with Crippen molar-refractivity contribution in [3.05, 3.63) is 11.7 Å². The van der Waals surface area contributed by atoms with E-state index in [9.17, 15) is 9.90 Å². The fourth-order valence-corrected chi connectivity index (χ4v) is 1.19. The van der Waals surface area contributed by atoms with Gasteiger partial charge < -0.3 is 24.1 Å². The van der Waals surface area contributed by atoms with E-state index < -0.39 is 23.8 Å². The first kappa shape index (κ1) is 15.2. The number of carbonyl (C=O) groups excluding carboxylic acids is 1. The maximum Gasteiger partial charge on any atom is 1.00 e. The average Bonchev–Trinajstić information content (AvgIpc) is 2.52. The number of methoxy groups -OCH3 is 2. The van der Waals surface area contributed by atoms with Gasteiger partial charge in [-0.3, -0.25) is 0 Å². The molecule has 0 aromatic heterocycles. The van der Waals surface area contributed by atoms with Gasteiger partial charge in [0.1, 0.15) is 0 Å². The summed E-state index contributed by atoms with van der Waals surface area (Å²) in [5.41, 5.74) is 0. The molecular weight excluding hydrogens is 211 g/mol. The van der Waals surface area contributed by atoms with Crippen molar-refractivity contribution < 1.29 is 47.7 Å². The van der Waals surface area contributed by atoms with Crippen molar-refractivity contribution in [1.29, 1.82) is 0 Å². The standard InChI is InChI=1S/C9H14O6.Li/c1-9(2)14-5(7(10)12-3)6(15-9)8(11)13-4;/h5,11H,1-4H3;/q;+1/p-1/b8-6+;/t5-;/m1./s1. The fraction of sp³-hybridized carbons (Fsp3) is 0.667. The molecule has 0 unspecified atom stereocenters. The van der Waals surface area contributed by atoms with Gasteiger partial charge in [0.25, 0.3) is 0 Å². The van der Waals surface area contributed by atoms with Crippen molar-refractivity contribution in [2.45, 2.75) is 25.7 Å². The van der Waals surface area contributed by atoms with Gasteiger partial charge in [-0.2, -0.15) is 0 Å². The molecule has 1 aliphatic rings. The zero-order valence-electron chi connectivity index (χ0n) is 10.0. The quantitative estimate of drug-likeness (QED) is 0.275. The van der Waals surface area contributed by atoms with Gasteiger partial charge in [-0.1, -0.05) is 0 Å². The largest absolute Gasteiger partial charge is 1.00 e. The van der Waals surface area contributed by atoms with E-state index in [0.717, 1.165) is 0 Å². The van der Waals surface area contributed by atoms with Crippen molar-refractivity contribution in [2.75, 3.05) is 14.2 Å². The van der Waals surface area contributed by atoms with E-state index in [1.165, 1.54) is 14.2 Å². The van der Waals surface area contributed by atoms with Gasteiger partial charge in [-0.05, 0) is 7.11 Å². The Morgan fingerprint density at radius 1 is 1.38 bits per heavy atom. The molecule has 1 heterocycles. The summed E-state index contributed by atoms with van der Waals surface area (Å²) in [6, 6.07) is 0. The van der Waals surface area contributed by atoms with Gasteiger partial charge in [0.2, 0.25) is 11.9 Å². The van der Waals surface area contributed by atoms with Crippen LogP contribution in [0.25, 0.3) is 0 Å². The molecule has 1 rings (SSSR count). The Morgan fingerprint density at radius 3 is 2.38 bits per heavy atom. The molecule has 0 radical (unpaired) electrons. The van der Waals surface area contributed by atoms with Crippen molar-refractivity contribution in [3.8, 4) is 0 Å². The van der Waals surface area contributed by atoms with Gasteiger partial charge in [-0.25, -0.2) is 4.79 Å². The van der Waals surface area contributed by atoms with Crippen LogP contribution in [0.1, 0.15) is 13.8 Å². The number of hydrogen-bond donors (Lipinski definition) is 0. The van der Waals surface area contributed by atoms with E-state index >= 15 is 0 Å². The fourth-order valence-electron chi connectivity index (χ4n) is 1.19.